The number of aromatic nitrogens is 3. The summed E-state index contributed by atoms with van der Waals surface area (Å²) < 4.78 is 1.83. The van der Waals surface area contributed by atoms with Gasteiger partial charge < -0.3 is 10.3 Å². The molecule has 0 saturated carbocycles. The molecule has 0 bridgehead atoms. The Morgan fingerprint density at radius 2 is 1.70 bits per heavy atom. The minimum atomic E-state index is 0. The fourth-order valence-corrected chi connectivity index (χ4v) is 0.487. The fourth-order valence-electron chi connectivity index (χ4n) is 0.487. The predicted molar refractivity (Wildman–Crippen MR) is 43.6 cm³/mol. The van der Waals surface area contributed by atoms with Crippen molar-refractivity contribution in [2.24, 2.45) is 5.73 Å². The summed E-state index contributed by atoms with van der Waals surface area (Å²) in [6.07, 6.45) is 3.29. The van der Waals surface area contributed by atoms with Crippen LogP contribution in [0.1, 0.15) is 0 Å². The number of rotatable bonds is 2. The molecule has 0 spiro atoms. The van der Waals surface area contributed by atoms with Gasteiger partial charge in [-0.15, -0.1) is 35.0 Å². The smallest absolute Gasteiger partial charge is 0.119 e. The molecule has 0 aliphatic heterocycles. The summed E-state index contributed by atoms with van der Waals surface area (Å²) in [5.41, 5.74) is 5.24. The summed E-state index contributed by atoms with van der Waals surface area (Å²) in [5.74, 6) is 0. The van der Waals surface area contributed by atoms with Gasteiger partial charge in [0, 0.05) is 13.1 Å². The highest BCUT2D eigenvalue weighted by Gasteiger charge is 1.83. The van der Waals surface area contributed by atoms with Crippen LogP contribution in [0.4, 0.5) is 0 Å². The van der Waals surface area contributed by atoms with Crippen LogP contribution in [0.3, 0.4) is 0 Å². The van der Waals surface area contributed by atoms with E-state index in [1.54, 1.807) is 12.7 Å². The normalized spacial score (nSPS) is 7.70. The second kappa shape index (κ2) is 6.80. The zero-order valence-corrected chi connectivity index (χ0v) is 6.94. The third-order valence-corrected chi connectivity index (χ3v) is 0.854. The Hall–Kier alpha value is -0.320. The number of nitrogens with zero attached hydrogens (tertiary/aromatic N) is 3. The fraction of sp³-hybridized carbons (Fsp3) is 0.500. The standard InChI is InChI=1S/C4H8N4.2ClH/c5-1-2-8-3-6-7-4-8;;/h3-4H,1-2,5H2;2*1H. The highest BCUT2D eigenvalue weighted by molar-refractivity contribution is 5.85. The van der Waals surface area contributed by atoms with Crippen molar-refractivity contribution in [2.45, 2.75) is 6.54 Å². The van der Waals surface area contributed by atoms with E-state index in [2.05, 4.69) is 10.2 Å². The number of hydrogen-bond donors (Lipinski definition) is 1. The molecule has 1 aromatic rings. The quantitative estimate of drug-likeness (QED) is 0.709. The minimum Gasteiger partial charge on any atom is -0.329 e. The first-order valence-electron chi connectivity index (χ1n) is 2.46. The summed E-state index contributed by atoms with van der Waals surface area (Å²) in [5, 5.41) is 7.20. The monoisotopic (exact) mass is 184 g/mol. The van der Waals surface area contributed by atoms with E-state index >= 15 is 0 Å². The van der Waals surface area contributed by atoms with Gasteiger partial charge in [0.2, 0.25) is 0 Å². The molecule has 6 heteroatoms. The highest BCUT2D eigenvalue weighted by atomic mass is 35.5. The first-order chi connectivity index (χ1) is 3.93. The van der Waals surface area contributed by atoms with E-state index in [0.717, 1.165) is 6.54 Å². The van der Waals surface area contributed by atoms with Gasteiger partial charge in [-0.05, 0) is 0 Å². The average Bonchev–Trinajstić information content (AvgIpc) is 2.19. The summed E-state index contributed by atoms with van der Waals surface area (Å²) in [6.45, 7) is 1.44. The second-order valence-corrected chi connectivity index (χ2v) is 1.49. The van der Waals surface area contributed by atoms with E-state index in [0.29, 0.717) is 6.54 Å². The van der Waals surface area contributed by atoms with Crippen molar-refractivity contribution >= 4 is 24.8 Å². The number of halogens is 2. The van der Waals surface area contributed by atoms with E-state index in [-0.39, 0.29) is 24.8 Å². The molecule has 0 amide bonds. The molecule has 2 N–H and O–H groups in total. The van der Waals surface area contributed by atoms with Gasteiger partial charge >= 0.3 is 0 Å². The third kappa shape index (κ3) is 3.66. The molecule has 10 heavy (non-hydrogen) atoms. The maximum absolute atomic E-state index is 5.24. The van der Waals surface area contributed by atoms with Crippen LogP contribution < -0.4 is 5.73 Å². The SMILES string of the molecule is Cl.Cl.NCCn1cnnc1. The van der Waals surface area contributed by atoms with E-state index in [1.807, 2.05) is 4.57 Å². The van der Waals surface area contributed by atoms with Crippen LogP contribution in [0.25, 0.3) is 0 Å². The molecule has 0 aliphatic rings. The summed E-state index contributed by atoms with van der Waals surface area (Å²) in [4.78, 5) is 0. The van der Waals surface area contributed by atoms with Crippen LogP contribution in [-0.2, 0) is 6.54 Å². The van der Waals surface area contributed by atoms with Gasteiger partial charge in [0.05, 0.1) is 0 Å². The van der Waals surface area contributed by atoms with Crippen molar-refractivity contribution in [1.82, 2.24) is 14.8 Å². The van der Waals surface area contributed by atoms with Gasteiger partial charge in [0.15, 0.2) is 0 Å². The zero-order valence-electron chi connectivity index (χ0n) is 5.30. The number of hydrogen-bond acceptors (Lipinski definition) is 3. The molecule has 0 atom stereocenters. The Bertz CT molecular complexity index is 141. The Labute approximate surface area is 71.6 Å². The summed E-state index contributed by atoms with van der Waals surface area (Å²) in [7, 11) is 0. The van der Waals surface area contributed by atoms with Crippen molar-refractivity contribution in [1.29, 1.82) is 0 Å². The van der Waals surface area contributed by atoms with Gasteiger partial charge in [-0.25, -0.2) is 0 Å². The Balaban J connectivity index is 0. The molecule has 0 fully saturated rings. The molecule has 1 rings (SSSR count). The van der Waals surface area contributed by atoms with Crippen LogP contribution in [0.5, 0.6) is 0 Å². The Morgan fingerprint density at radius 3 is 2.10 bits per heavy atom. The van der Waals surface area contributed by atoms with Gasteiger partial charge in [-0.2, -0.15) is 0 Å². The molecule has 0 aliphatic carbocycles. The van der Waals surface area contributed by atoms with Crippen LogP contribution in [0.15, 0.2) is 12.7 Å². The van der Waals surface area contributed by atoms with Gasteiger partial charge in [-0.1, -0.05) is 0 Å². The lowest BCUT2D eigenvalue weighted by molar-refractivity contribution is 0.705. The maximum atomic E-state index is 5.24. The highest BCUT2D eigenvalue weighted by Crippen LogP contribution is 1.76. The minimum absolute atomic E-state index is 0. The average molecular weight is 185 g/mol. The van der Waals surface area contributed by atoms with Crippen LogP contribution >= 0.6 is 24.8 Å². The molecule has 0 radical (unpaired) electrons. The van der Waals surface area contributed by atoms with Gasteiger partial charge in [0.25, 0.3) is 0 Å². The molecule has 0 aromatic carbocycles. The molecule has 0 saturated heterocycles. The second-order valence-electron chi connectivity index (χ2n) is 1.49. The molecular weight excluding hydrogens is 175 g/mol. The van der Waals surface area contributed by atoms with Crippen molar-refractivity contribution in [2.75, 3.05) is 6.54 Å². The largest absolute Gasteiger partial charge is 0.329 e. The van der Waals surface area contributed by atoms with Crippen molar-refractivity contribution in [3.63, 3.8) is 0 Å². The molecule has 60 valence electrons. The first-order valence-corrected chi connectivity index (χ1v) is 2.46. The molecule has 1 heterocycles. The number of nitrogens with two attached hydrogens (primary N) is 1. The molecular formula is C4H10Cl2N4. The topological polar surface area (TPSA) is 56.7 Å². The zero-order chi connectivity index (χ0) is 5.82. The van der Waals surface area contributed by atoms with Crippen LogP contribution in [0, 0.1) is 0 Å². The lowest BCUT2D eigenvalue weighted by Crippen LogP contribution is -2.07. The van der Waals surface area contributed by atoms with E-state index < -0.39 is 0 Å². The van der Waals surface area contributed by atoms with Crippen molar-refractivity contribution in [3.05, 3.63) is 12.7 Å². The molecule has 4 nitrogen and oxygen atoms in total. The Kier molecular flexibility index (Phi) is 8.40. The summed E-state index contributed by atoms with van der Waals surface area (Å²) >= 11 is 0. The molecule has 1 aromatic heterocycles. The van der Waals surface area contributed by atoms with Gasteiger partial charge in [-0.3, -0.25) is 0 Å². The molecule has 0 unspecified atom stereocenters. The van der Waals surface area contributed by atoms with Crippen molar-refractivity contribution in [3.8, 4) is 0 Å². The first kappa shape index (κ1) is 12.4. The summed E-state index contributed by atoms with van der Waals surface area (Å²) in [6, 6.07) is 0. The van der Waals surface area contributed by atoms with Crippen LogP contribution in [-0.4, -0.2) is 21.3 Å². The lowest BCUT2D eigenvalue weighted by Gasteiger charge is -1.91. The lowest BCUT2D eigenvalue weighted by atomic mass is 10.6. The van der Waals surface area contributed by atoms with E-state index in [9.17, 15) is 0 Å². The predicted octanol–water partition coefficient (Wildman–Crippen LogP) is 0.0804. The van der Waals surface area contributed by atoms with Crippen LogP contribution in [0.2, 0.25) is 0 Å². The van der Waals surface area contributed by atoms with Crippen molar-refractivity contribution < 1.29 is 0 Å². The maximum Gasteiger partial charge on any atom is 0.119 e. The Morgan fingerprint density at radius 1 is 1.20 bits per heavy atom. The van der Waals surface area contributed by atoms with E-state index in [4.69, 9.17) is 5.73 Å². The van der Waals surface area contributed by atoms with E-state index in [1.165, 1.54) is 0 Å². The van der Waals surface area contributed by atoms with Gasteiger partial charge in [0.1, 0.15) is 12.7 Å². The third-order valence-electron chi connectivity index (χ3n) is 0.854.